The van der Waals surface area contributed by atoms with Crippen LogP contribution in [0.15, 0.2) is 29.2 Å². The van der Waals surface area contributed by atoms with Gasteiger partial charge < -0.3 is 11.1 Å². The number of nitrogens with one attached hydrogen (secondary N) is 2. The van der Waals surface area contributed by atoms with Crippen LogP contribution in [0.2, 0.25) is 0 Å². The quantitative estimate of drug-likeness (QED) is 0.671. The molecule has 1 unspecified atom stereocenters. The third-order valence-corrected chi connectivity index (χ3v) is 5.05. The van der Waals surface area contributed by atoms with Gasteiger partial charge in [-0.15, -0.1) is 0 Å². The standard InChI is InChI=1S/C14H18F3N3O3S/c15-14(16,17)8-19-13(21)10-3-5-11(6-4-10)24(22,23)20-7-12(18)9-1-2-9/h3-6,9,12,20H,1-2,7-8,18H2,(H,19,21). The molecular weight excluding hydrogens is 347 g/mol. The molecule has 10 heteroatoms. The van der Waals surface area contributed by atoms with E-state index in [1.165, 1.54) is 0 Å². The van der Waals surface area contributed by atoms with Gasteiger partial charge in [-0.05, 0) is 43.0 Å². The number of rotatable bonds is 7. The molecule has 24 heavy (non-hydrogen) atoms. The Balaban J connectivity index is 1.95. The summed E-state index contributed by atoms with van der Waals surface area (Å²) < 4.78 is 62.7. The number of nitrogens with two attached hydrogens (primary N) is 1. The number of hydrogen-bond acceptors (Lipinski definition) is 4. The first-order valence-electron chi connectivity index (χ1n) is 7.29. The summed E-state index contributed by atoms with van der Waals surface area (Å²) in [7, 11) is -3.78. The molecule has 1 aliphatic carbocycles. The van der Waals surface area contributed by atoms with Crippen molar-refractivity contribution in [2.45, 2.75) is 30.0 Å². The van der Waals surface area contributed by atoms with Gasteiger partial charge in [0.05, 0.1) is 4.90 Å². The lowest BCUT2D eigenvalue weighted by Crippen LogP contribution is -2.38. The highest BCUT2D eigenvalue weighted by Crippen LogP contribution is 2.31. The lowest BCUT2D eigenvalue weighted by atomic mass is 10.2. The molecular formula is C14H18F3N3O3S. The van der Waals surface area contributed by atoms with Crippen LogP contribution in [0.5, 0.6) is 0 Å². The summed E-state index contributed by atoms with van der Waals surface area (Å²) in [6.45, 7) is -1.34. The van der Waals surface area contributed by atoms with E-state index in [2.05, 4.69) is 4.72 Å². The molecule has 1 aromatic rings. The topological polar surface area (TPSA) is 101 Å². The monoisotopic (exact) mass is 365 g/mol. The highest BCUT2D eigenvalue weighted by molar-refractivity contribution is 7.89. The predicted octanol–water partition coefficient (Wildman–Crippen LogP) is 0.994. The van der Waals surface area contributed by atoms with Crippen molar-refractivity contribution in [1.82, 2.24) is 10.0 Å². The average Bonchev–Trinajstić information content (AvgIpc) is 3.34. The summed E-state index contributed by atoms with van der Waals surface area (Å²) in [4.78, 5) is 11.5. The summed E-state index contributed by atoms with van der Waals surface area (Å²) in [5.41, 5.74) is 5.76. The van der Waals surface area contributed by atoms with Crippen LogP contribution in [0.4, 0.5) is 13.2 Å². The van der Waals surface area contributed by atoms with E-state index in [-0.39, 0.29) is 23.0 Å². The Morgan fingerprint density at radius 1 is 1.25 bits per heavy atom. The number of carbonyl (C=O) groups is 1. The fourth-order valence-corrected chi connectivity index (χ4v) is 3.12. The Bertz CT molecular complexity index is 685. The predicted molar refractivity (Wildman–Crippen MR) is 80.7 cm³/mol. The Morgan fingerprint density at radius 3 is 2.33 bits per heavy atom. The van der Waals surface area contributed by atoms with Gasteiger partial charge in [-0.1, -0.05) is 0 Å². The van der Waals surface area contributed by atoms with Crippen LogP contribution < -0.4 is 15.8 Å². The van der Waals surface area contributed by atoms with Crippen LogP contribution in [-0.2, 0) is 10.0 Å². The van der Waals surface area contributed by atoms with E-state index >= 15 is 0 Å². The van der Waals surface area contributed by atoms with Gasteiger partial charge in [0.1, 0.15) is 6.54 Å². The van der Waals surface area contributed by atoms with Crippen molar-refractivity contribution in [2.24, 2.45) is 11.7 Å². The molecule has 0 spiro atoms. The molecule has 1 amide bonds. The average molecular weight is 365 g/mol. The van der Waals surface area contributed by atoms with Gasteiger partial charge >= 0.3 is 6.18 Å². The highest BCUT2D eigenvalue weighted by atomic mass is 32.2. The molecule has 6 nitrogen and oxygen atoms in total. The van der Waals surface area contributed by atoms with Crippen molar-refractivity contribution < 1.29 is 26.4 Å². The maximum Gasteiger partial charge on any atom is 0.405 e. The first-order chi connectivity index (χ1) is 11.1. The largest absolute Gasteiger partial charge is 0.405 e. The number of carbonyl (C=O) groups excluding carboxylic acids is 1. The molecule has 0 saturated heterocycles. The Kier molecular flexibility index (Phi) is 5.51. The second kappa shape index (κ2) is 7.08. The number of amides is 1. The first-order valence-corrected chi connectivity index (χ1v) is 8.77. The van der Waals surface area contributed by atoms with Crippen LogP contribution in [0.3, 0.4) is 0 Å². The SMILES string of the molecule is NC(CNS(=O)(=O)c1ccc(C(=O)NCC(F)(F)F)cc1)C1CC1. The Hall–Kier alpha value is -1.65. The molecule has 1 saturated carbocycles. The lowest BCUT2D eigenvalue weighted by molar-refractivity contribution is -0.123. The molecule has 0 aliphatic heterocycles. The van der Waals surface area contributed by atoms with E-state index < -0.39 is 28.7 Å². The number of benzene rings is 1. The van der Waals surface area contributed by atoms with Crippen LogP contribution >= 0.6 is 0 Å². The molecule has 4 N–H and O–H groups in total. The van der Waals surface area contributed by atoms with Crippen LogP contribution in [0.1, 0.15) is 23.2 Å². The molecule has 134 valence electrons. The molecule has 1 aliphatic rings. The maximum absolute atomic E-state index is 12.1. The highest BCUT2D eigenvalue weighted by Gasteiger charge is 2.30. The van der Waals surface area contributed by atoms with Gasteiger partial charge in [-0.25, -0.2) is 13.1 Å². The minimum absolute atomic E-state index is 0.0621. The van der Waals surface area contributed by atoms with E-state index in [1.54, 1.807) is 5.32 Å². The Morgan fingerprint density at radius 2 is 1.83 bits per heavy atom. The third-order valence-electron chi connectivity index (χ3n) is 3.61. The fourth-order valence-electron chi connectivity index (χ4n) is 2.05. The van der Waals surface area contributed by atoms with Gasteiger partial charge in [-0.3, -0.25) is 4.79 Å². The third kappa shape index (κ3) is 5.46. The normalized spacial score (nSPS) is 16.7. The van der Waals surface area contributed by atoms with Gasteiger partial charge in [0, 0.05) is 18.2 Å². The lowest BCUT2D eigenvalue weighted by Gasteiger charge is -2.12. The fraction of sp³-hybridized carbons (Fsp3) is 0.500. The summed E-state index contributed by atoms with van der Waals surface area (Å²) in [6, 6.07) is 4.38. The number of alkyl halides is 3. The molecule has 1 aromatic carbocycles. The summed E-state index contributed by atoms with van der Waals surface area (Å²) in [6.07, 6.45) is -2.53. The smallest absolute Gasteiger partial charge is 0.343 e. The second-order valence-electron chi connectivity index (χ2n) is 5.68. The first kappa shape index (κ1) is 18.7. The zero-order valence-electron chi connectivity index (χ0n) is 12.6. The van der Waals surface area contributed by atoms with Crippen molar-refractivity contribution in [3.05, 3.63) is 29.8 Å². The van der Waals surface area contributed by atoms with Gasteiger partial charge in [0.25, 0.3) is 5.91 Å². The molecule has 0 bridgehead atoms. The molecule has 0 heterocycles. The number of halogens is 3. The van der Waals surface area contributed by atoms with E-state index in [4.69, 9.17) is 5.73 Å². The summed E-state index contributed by atoms with van der Waals surface area (Å²) in [5.74, 6) is -0.590. The molecule has 1 fully saturated rings. The molecule has 1 atom stereocenters. The van der Waals surface area contributed by atoms with E-state index in [1.807, 2.05) is 0 Å². The van der Waals surface area contributed by atoms with Crippen molar-refractivity contribution in [1.29, 1.82) is 0 Å². The maximum atomic E-state index is 12.1. The van der Waals surface area contributed by atoms with E-state index in [9.17, 15) is 26.4 Å². The Labute approximate surface area is 137 Å². The number of sulfonamides is 1. The molecule has 0 radical (unpaired) electrons. The van der Waals surface area contributed by atoms with Gasteiger partial charge in [-0.2, -0.15) is 13.2 Å². The van der Waals surface area contributed by atoms with E-state index in [0.717, 1.165) is 37.1 Å². The molecule has 0 aromatic heterocycles. The summed E-state index contributed by atoms with van der Waals surface area (Å²) >= 11 is 0. The minimum atomic E-state index is -4.51. The van der Waals surface area contributed by atoms with Crippen LogP contribution in [0.25, 0.3) is 0 Å². The summed E-state index contributed by atoms with van der Waals surface area (Å²) in [5, 5.41) is 1.71. The van der Waals surface area contributed by atoms with Crippen molar-refractivity contribution in [3.63, 3.8) is 0 Å². The zero-order chi connectivity index (χ0) is 18.0. The second-order valence-corrected chi connectivity index (χ2v) is 7.44. The number of hydrogen-bond donors (Lipinski definition) is 3. The van der Waals surface area contributed by atoms with Crippen LogP contribution in [-0.4, -0.2) is 39.6 Å². The van der Waals surface area contributed by atoms with Crippen molar-refractivity contribution in [3.8, 4) is 0 Å². The zero-order valence-corrected chi connectivity index (χ0v) is 13.5. The van der Waals surface area contributed by atoms with E-state index in [0.29, 0.717) is 5.92 Å². The van der Waals surface area contributed by atoms with Gasteiger partial charge in [0.2, 0.25) is 10.0 Å². The van der Waals surface area contributed by atoms with Crippen molar-refractivity contribution >= 4 is 15.9 Å². The van der Waals surface area contributed by atoms with Crippen molar-refractivity contribution in [2.75, 3.05) is 13.1 Å². The van der Waals surface area contributed by atoms with Gasteiger partial charge in [0.15, 0.2) is 0 Å². The minimum Gasteiger partial charge on any atom is -0.343 e. The molecule has 2 rings (SSSR count). The van der Waals surface area contributed by atoms with Crippen LogP contribution in [0, 0.1) is 5.92 Å².